The van der Waals surface area contributed by atoms with E-state index in [9.17, 15) is 4.79 Å². The van der Waals surface area contributed by atoms with Crippen molar-refractivity contribution in [3.8, 4) is 0 Å². The zero-order valence-corrected chi connectivity index (χ0v) is 8.14. The predicted octanol–water partition coefficient (Wildman–Crippen LogP) is -0.425. The molecule has 6 nitrogen and oxygen atoms in total. The second-order valence-electron chi connectivity index (χ2n) is 3.27. The van der Waals surface area contributed by atoms with Gasteiger partial charge in [-0.2, -0.15) is 0 Å². The summed E-state index contributed by atoms with van der Waals surface area (Å²) < 4.78 is 4.64. The standard InChI is InChI=1S/C8H15N3O3/c1-14-7(12)6-3-2-4-11(5-6)8(9)10-13/h6,13H,2-5H2,1H3,(H2,9,10). The van der Waals surface area contributed by atoms with Gasteiger partial charge >= 0.3 is 5.97 Å². The molecule has 0 radical (unpaired) electrons. The van der Waals surface area contributed by atoms with Gasteiger partial charge in [0.25, 0.3) is 0 Å². The zero-order chi connectivity index (χ0) is 10.6. The van der Waals surface area contributed by atoms with Crippen LogP contribution in [0.25, 0.3) is 0 Å². The highest BCUT2D eigenvalue weighted by molar-refractivity contribution is 5.79. The molecule has 1 atom stereocenters. The topological polar surface area (TPSA) is 88.2 Å². The van der Waals surface area contributed by atoms with E-state index in [4.69, 9.17) is 10.9 Å². The van der Waals surface area contributed by atoms with Gasteiger partial charge in [0.05, 0.1) is 13.0 Å². The van der Waals surface area contributed by atoms with Crippen molar-refractivity contribution in [2.24, 2.45) is 16.8 Å². The van der Waals surface area contributed by atoms with Crippen molar-refractivity contribution in [1.29, 1.82) is 0 Å². The molecule has 80 valence electrons. The van der Waals surface area contributed by atoms with Crippen molar-refractivity contribution in [3.63, 3.8) is 0 Å². The minimum Gasteiger partial charge on any atom is -0.469 e. The lowest BCUT2D eigenvalue weighted by atomic mass is 9.98. The Kier molecular flexibility index (Phi) is 3.55. The van der Waals surface area contributed by atoms with Crippen molar-refractivity contribution in [1.82, 2.24) is 4.90 Å². The van der Waals surface area contributed by atoms with Crippen LogP contribution in [0.3, 0.4) is 0 Å². The number of piperidine rings is 1. The summed E-state index contributed by atoms with van der Waals surface area (Å²) in [6, 6.07) is 0. The van der Waals surface area contributed by atoms with Crippen molar-refractivity contribution in [2.45, 2.75) is 12.8 Å². The van der Waals surface area contributed by atoms with E-state index in [2.05, 4.69) is 9.89 Å². The molecular formula is C8H15N3O3. The molecule has 6 heteroatoms. The number of hydrogen-bond donors (Lipinski definition) is 2. The number of guanidine groups is 1. The molecule has 0 saturated carbocycles. The largest absolute Gasteiger partial charge is 0.469 e. The zero-order valence-electron chi connectivity index (χ0n) is 8.14. The Hall–Kier alpha value is -1.46. The van der Waals surface area contributed by atoms with Gasteiger partial charge < -0.3 is 20.6 Å². The Balaban J connectivity index is 2.56. The number of nitrogens with zero attached hydrogens (tertiary/aromatic N) is 2. The van der Waals surface area contributed by atoms with Crippen LogP contribution >= 0.6 is 0 Å². The molecule has 0 amide bonds. The van der Waals surface area contributed by atoms with Crippen LogP contribution in [0.4, 0.5) is 0 Å². The van der Waals surface area contributed by atoms with E-state index in [-0.39, 0.29) is 17.8 Å². The first kappa shape index (κ1) is 10.6. The summed E-state index contributed by atoms with van der Waals surface area (Å²) in [5.41, 5.74) is 5.43. The molecular weight excluding hydrogens is 186 g/mol. The molecule has 1 fully saturated rings. The average molecular weight is 201 g/mol. The third-order valence-electron chi connectivity index (χ3n) is 2.38. The van der Waals surface area contributed by atoms with Crippen LogP contribution in [0.2, 0.25) is 0 Å². The molecule has 1 unspecified atom stereocenters. The molecule has 0 spiro atoms. The quantitative estimate of drug-likeness (QED) is 0.198. The molecule has 0 aliphatic carbocycles. The molecule has 0 aromatic carbocycles. The molecule has 3 N–H and O–H groups in total. The summed E-state index contributed by atoms with van der Waals surface area (Å²) in [5.74, 6) is -0.354. The molecule has 0 bridgehead atoms. The highest BCUT2D eigenvalue weighted by Crippen LogP contribution is 2.17. The average Bonchev–Trinajstić information content (AvgIpc) is 2.27. The summed E-state index contributed by atoms with van der Waals surface area (Å²) >= 11 is 0. The fourth-order valence-corrected chi connectivity index (χ4v) is 1.61. The first-order valence-electron chi connectivity index (χ1n) is 4.49. The van der Waals surface area contributed by atoms with Crippen molar-refractivity contribution < 1.29 is 14.7 Å². The SMILES string of the molecule is COC(=O)C1CCCN(/C(N)=N/O)C1. The van der Waals surface area contributed by atoms with E-state index in [0.717, 1.165) is 12.8 Å². The van der Waals surface area contributed by atoms with Gasteiger partial charge in [-0.05, 0) is 12.8 Å². The highest BCUT2D eigenvalue weighted by atomic mass is 16.5. The van der Waals surface area contributed by atoms with E-state index in [1.807, 2.05) is 0 Å². The summed E-state index contributed by atoms with van der Waals surface area (Å²) in [7, 11) is 1.37. The predicted molar refractivity (Wildman–Crippen MR) is 49.7 cm³/mol. The number of hydrogen-bond acceptors (Lipinski definition) is 4. The van der Waals surface area contributed by atoms with Crippen molar-refractivity contribution in [3.05, 3.63) is 0 Å². The monoisotopic (exact) mass is 201 g/mol. The Morgan fingerprint density at radius 2 is 2.43 bits per heavy atom. The fourth-order valence-electron chi connectivity index (χ4n) is 1.61. The minimum absolute atomic E-state index is 0.0543. The van der Waals surface area contributed by atoms with E-state index < -0.39 is 0 Å². The second-order valence-corrected chi connectivity index (χ2v) is 3.27. The van der Waals surface area contributed by atoms with Gasteiger partial charge in [0.1, 0.15) is 0 Å². The van der Waals surface area contributed by atoms with Crippen LogP contribution in [0.15, 0.2) is 5.16 Å². The normalized spacial score (nSPS) is 23.4. The van der Waals surface area contributed by atoms with Gasteiger partial charge in [0.2, 0.25) is 5.96 Å². The van der Waals surface area contributed by atoms with Crippen LogP contribution < -0.4 is 5.73 Å². The molecule has 14 heavy (non-hydrogen) atoms. The van der Waals surface area contributed by atoms with Gasteiger partial charge in [-0.3, -0.25) is 4.79 Å². The van der Waals surface area contributed by atoms with E-state index >= 15 is 0 Å². The van der Waals surface area contributed by atoms with Crippen molar-refractivity contribution >= 4 is 11.9 Å². The molecule has 0 aromatic heterocycles. The molecule has 1 heterocycles. The lowest BCUT2D eigenvalue weighted by Gasteiger charge is -2.31. The minimum atomic E-state index is -0.236. The molecule has 0 aromatic rings. The van der Waals surface area contributed by atoms with Gasteiger partial charge in [-0.25, -0.2) is 0 Å². The smallest absolute Gasteiger partial charge is 0.310 e. The van der Waals surface area contributed by atoms with E-state index in [1.54, 1.807) is 4.90 Å². The molecule has 1 rings (SSSR count). The molecule has 1 saturated heterocycles. The Morgan fingerprint density at radius 1 is 1.71 bits per heavy atom. The van der Waals surface area contributed by atoms with Gasteiger partial charge in [0.15, 0.2) is 0 Å². The first-order valence-corrected chi connectivity index (χ1v) is 4.49. The number of methoxy groups -OCH3 is 1. The van der Waals surface area contributed by atoms with Gasteiger partial charge in [-0.1, -0.05) is 5.16 Å². The van der Waals surface area contributed by atoms with Crippen LogP contribution in [-0.4, -0.2) is 42.2 Å². The highest BCUT2D eigenvalue weighted by Gasteiger charge is 2.27. The van der Waals surface area contributed by atoms with Crippen molar-refractivity contribution in [2.75, 3.05) is 20.2 Å². The fraction of sp³-hybridized carbons (Fsp3) is 0.750. The summed E-state index contributed by atoms with van der Waals surface area (Å²) in [6.07, 6.45) is 1.64. The number of carbonyl (C=O) groups is 1. The number of nitrogens with two attached hydrogens (primary N) is 1. The summed E-state index contributed by atoms with van der Waals surface area (Å²) in [5, 5.41) is 11.4. The van der Waals surface area contributed by atoms with E-state index in [0.29, 0.717) is 13.1 Å². The number of carbonyl (C=O) groups excluding carboxylic acids is 1. The summed E-state index contributed by atoms with van der Waals surface area (Å²) in [6.45, 7) is 1.17. The Labute approximate surface area is 82.3 Å². The number of rotatable bonds is 1. The first-order chi connectivity index (χ1) is 6.69. The van der Waals surface area contributed by atoms with Crippen LogP contribution in [0.1, 0.15) is 12.8 Å². The number of likely N-dealkylation sites (tertiary alicyclic amines) is 1. The number of ether oxygens (including phenoxy) is 1. The number of esters is 1. The van der Waals surface area contributed by atoms with Crippen LogP contribution in [0, 0.1) is 5.92 Å². The lowest BCUT2D eigenvalue weighted by Crippen LogP contribution is -2.46. The maximum Gasteiger partial charge on any atom is 0.310 e. The van der Waals surface area contributed by atoms with Gasteiger partial charge in [-0.15, -0.1) is 0 Å². The third-order valence-corrected chi connectivity index (χ3v) is 2.38. The third kappa shape index (κ3) is 2.27. The summed E-state index contributed by atoms with van der Waals surface area (Å²) in [4.78, 5) is 12.9. The maximum absolute atomic E-state index is 11.2. The van der Waals surface area contributed by atoms with Crippen LogP contribution in [0.5, 0.6) is 0 Å². The Morgan fingerprint density at radius 3 is 3.00 bits per heavy atom. The lowest BCUT2D eigenvalue weighted by molar-refractivity contribution is -0.146. The van der Waals surface area contributed by atoms with E-state index in [1.165, 1.54) is 7.11 Å². The number of oxime groups is 1. The molecule has 1 aliphatic rings. The second kappa shape index (κ2) is 4.69. The maximum atomic E-state index is 11.2. The van der Waals surface area contributed by atoms with Gasteiger partial charge in [0, 0.05) is 13.1 Å². The van der Waals surface area contributed by atoms with Crippen LogP contribution in [-0.2, 0) is 9.53 Å². The molecule has 1 aliphatic heterocycles. The Bertz CT molecular complexity index is 242.